The van der Waals surface area contributed by atoms with E-state index in [0.717, 1.165) is 31.0 Å². The second-order valence-corrected chi connectivity index (χ2v) is 3.57. The largest absolute Gasteiger partial charge is 0.357 e. The lowest BCUT2D eigenvalue weighted by molar-refractivity contribution is 0.703. The monoisotopic (exact) mass is 220 g/mol. The van der Waals surface area contributed by atoms with Gasteiger partial charge in [-0.2, -0.15) is 0 Å². The molecule has 2 heterocycles. The molecule has 0 amide bonds. The van der Waals surface area contributed by atoms with E-state index in [1.54, 1.807) is 12.7 Å². The fourth-order valence-electron chi connectivity index (χ4n) is 1.57. The number of imidazole rings is 1. The summed E-state index contributed by atoms with van der Waals surface area (Å²) < 4.78 is 0. The molecule has 0 atom stereocenters. The molecule has 0 saturated heterocycles. The fraction of sp³-hybridized carbons (Fsp3) is 0.500. The third-order valence-corrected chi connectivity index (χ3v) is 2.44. The number of likely N-dealkylation sites (N-methyl/N-ethyl adjacent to an activating group) is 2. The van der Waals surface area contributed by atoms with Crippen molar-refractivity contribution in [1.82, 2.24) is 25.3 Å². The number of hydrogen-bond acceptors (Lipinski definition) is 5. The molecule has 2 aromatic heterocycles. The van der Waals surface area contributed by atoms with E-state index in [0.29, 0.717) is 5.65 Å². The van der Waals surface area contributed by atoms with Crippen molar-refractivity contribution in [1.29, 1.82) is 0 Å². The Bertz CT molecular complexity index is 451. The van der Waals surface area contributed by atoms with Crippen LogP contribution in [0.15, 0.2) is 12.7 Å². The van der Waals surface area contributed by atoms with Gasteiger partial charge in [-0.3, -0.25) is 0 Å². The number of fused-ring (bicyclic) bond motifs is 1. The number of H-pyrrole nitrogens is 1. The van der Waals surface area contributed by atoms with Gasteiger partial charge in [-0.25, -0.2) is 15.0 Å². The zero-order valence-corrected chi connectivity index (χ0v) is 9.56. The van der Waals surface area contributed by atoms with E-state index in [2.05, 4.69) is 37.1 Å². The molecular formula is C10H16N6. The average Bonchev–Trinajstić information content (AvgIpc) is 2.76. The third kappa shape index (κ3) is 2.11. The predicted molar refractivity (Wildman–Crippen MR) is 63.5 cm³/mol. The molecule has 0 spiro atoms. The van der Waals surface area contributed by atoms with Crippen molar-refractivity contribution < 1.29 is 0 Å². The summed E-state index contributed by atoms with van der Waals surface area (Å²) in [7, 11) is 2.01. The minimum Gasteiger partial charge on any atom is -0.357 e. The Hall–Kier alpha value is -1.69. The van der Waals surface area contributed by atoms with Gasteiger partial charge in [0.1, 0.15) is 11.8 Å². The Morgan fingerprint density at radius 3 is 3.06 bits per heavy atom. The fourth-order valence-corrected chi connectivity index (χ4v) is 1.57. The van der Waals surface area contributed by atoms with E-state index in [4.69, 9.17) is 0 Å². The van der Waals surface area contributed by atoms with Crippen LogP contribution in [0.5, 0.6) is 0 Å². The molecule has 0 aliphatic rings. The summed E-state index contributed by atoms with van der Waals surface area (Å²) in [5.41, 5.74) is 1.60. The van der Waals surface area contributed by atoms with Crippen molar-refractivity contribution in [3.05, 3.63) is 12.7 Å². The molecular weight excluding hydrogens is 204 g/mol. The molecule has 0 unspecified atom stereocenters. The predicted octanol–water partition coefficient (Wildman–Crippen LogP) is 0.399. The molecule has 6 nitrogen and oxygen atoms in total. The average molecular weight is 220 g/mol. The number of hydrogen-bond donors (Lipinski definition) is 2. The zero-order chi connectivity index (χ0) is 11.4. The highest BCUT2D eigenvalue weighted by Crippen LogP contribution is 2.17. The van der Waals surface area contributed by atoms with Gasteiger partial charge in [-0.1, -0.05) is 6.92 Å². The Kier molecular flexibility index (Phi) is 3.31. The van der Waals surface area contributed by atoms with Crippen molar-refractivity contribution in [3.63, 3.8) is 0 Å². The van der Waals surface area contributed by atoms with Crippen LogP contribution in [0, 0.1) is 0 Å². The summed E-state index contributed by atoms with van der Waals surface area (Å²) in [6, 6.07) is 0. The normalized spacial score (nSPS) is 10.9. The van der Waals surface area contributed by atoms with Crippen LogP contribution < -0.4 is 10.2 Å². The van der Waals surface area contributed by atoms with Gasteiger partial charge in [0, 0.05) is 20.1 Å². The standard InChI is InChI=1S/C10H16N6/c1-3-11-4-5-16(2)10-8-9(13-6-12-8)14-7-15-10/h6-7,11H,3-5H2,1-2H3,(H,12,13,14,15). The first kappa shape index (κ1) is 10.8. The lowest BCUT2D eigenvalue weighted by Crippen LogP contribution is -2.29. The van der Waals surface area contributed by atoms with Crippen LogP contribution >= 0.6 is 0 Å². The van der Waals surface area contributed by atoms with Crippen molar-refractivity contribution in [2.45, 2.75) is 6.92 Å². The van der Waals surface area contributed by atoms with Gasteiger partial charge in [0.15, 0.2) is 11.5 Å². The van der Waals surface area contributed by atoms with E-state index in [1.807, 2.05) is 7.05 Å². The SMILES string of the molecule is CCNCCN(C)c1ncnc2nc[nH]c12. The lowest BCUT2D eigenvalue weighted by atomic mass is 10.4. The van der Waals surface area contributed by atoms with Crippen LogP contribution in [0.25, 0.3) is 11.2 Å². The van der Waals surface area contributed by atoms with Crippen molar-refractivity contribution in [3.8, 4) is 0 Å². The first-order valence-corrected chi connectivity index (χ1v) is 5.39. The van der Waals surface area contributed by atoms with Crippen LogP contribution in [0.1, 0.15) is 6.92 Å². The van der Waals surface area contributed by atoms with Crippen molar-refractivity contribution >= 4 is 17.0 Å². The molecule has 0 aliphatic carbocycles. The molecule has 86 valence electrons. The maximum absolute atomic E-state index is 4.27. The summed E-state index contributed by atoms with van der Waals surface area (Å²) in [4.78, 5) is 17.6. The molecule has 2 N–H and O–H groups in total. The van der Waals surface area contributed by atoms with Gasteiger partial charge in [-0.05, 0) is 6.54 Å². The molecule has 0 aromatic carbocycles. The van der Waals surface area contributed by atoms with Crippen LogP contribution in [-0.4, -0.2) is 46.6 Å². The van der Waals surface area contributed by atoms with E-state index >= 15 is 0 Å². The molecule has 0 saturated carbocycles. The number of rotatable bonds is 5. The van der Waals surface area contributed by atoms with Gasteiger partial charge >= 0.3 is 0 Å². The van der Waals surface area contributed by atoms with Crippen LogP contribution in [0.2, 0.25) is 0 Å². The molecule has 0 bridgehead atoms. The molecule has 2 aromatic rings. The maximum Gasteiger partial charge on any atom is 0.182 e. The summed E-state index contributed by atoms with van der Waals surface area (Å²) in [5.74, 6) is 0.889. The summed E-state index contributed by atoms with van der Waals surface area (Å²) in [6.07, 6.45) is 3.18. The Morgan fingerprint density at radius 1 is 1.38 bits per heavy atom. The summed E-state index contributed by atoms with van der Waals surface area (Å²) in [6.45, 7) is 4.92. The Labute approximate surface area is 94.1 Å². The van der Waals surface area contributed by atoms with Crippen LogP contribution in [0.3, 0.4) is 0 Å². The minimum atomic E-state index is 0.709. The summed E-state index contributed by atoms with van der Waals surface area (Å²) in [5, 5.41) is 3.28. The molecule has 16 heavy (non-hydrogen) atoms. The second-order valence-electron chi connectivity index (χ2n) is 3.57. The number of anilines is 1. The summed E-state index contributed by atoms with van der Waals surface area (Å²) >= 11 is 0. The highest BCUT2D eigenvalue weighted by Gasteiger charge is 2.09. The molecule has 2 rings (SSSR count). The van der Waals surface area contributed by atoms with Gasteiger partial charge in [0.25, 0.3) is 0 Å². The quantitative estimate of drug-likeness (QED) is 0.714. The first-order valence-electron chi connectivity index (χ1n) is 5.39. The van der Waals surface area contributed by atoms with Gasteiger partial charge in [-0.15, -0.1) is 0 Å². The topological polar surface area (TPSA) is 69.7 Å². The minimum absolute atomic E-state index is 0.709. The smallest absolute Gasteiger partial charge is 0.182 e. The zero-order valence-electron chi connectivity index (χ0n) is 9.56. The highest BCUT2D eigenvalue weighted by molar-refractivity contribution is 5.82. The van der Waals surface area contributed by atoms with Gasteiger partial charge in [0.2, 0.25) is 0 Å². The van der Waals surface area contributed by atoms with Gasteiger partial charge < -0.3 is 15.2 Å². The van der Waals surface area contributed by atoms with E-state index < -0.39 is 0 Å². The van der Waals surface area contributed by atoms with E-state index in [9.17, 15) is 0 Å². The number of nitrogens with zero attached hydrogens (tertiary/aromatic N) is 4. The first-order chi connectivity index (χ1) is 7.83. The van der Waals surface area contributed by atoms with E-state index in [-0.39, 0.29) is 0 Å². The number of aromatic nitrogens is 4. The van der Waals surface area contributed by atoms with E-state index in [1.165, 1.54) is 0 Å². The molecule has 0 fully saturated rings. The number of nitrogens with one attached hydrogen (secondary N) is 2. The Morgan fingerprint density at radius 2 is 2.25 bits per heavy atom. The number of aromatic amines is 1. The second kappa shape index (κ2) is 4.89. The molecule has 0 aliphatic heterocycles. The van der Waals surface area contributed by atoms with Crippen molar-refractivity contribution in [2.75, 3.05) is 31.6 Å². The van der Waals surface area contributed by atoms with Crippen molar-refractivity contribution in [2.24, 2.45) is 0 Å². The maximum atomic E-state index is 4.27. The lowest BCUT2D eigenvalue weighted by Gasteiger charge is -2.18. The third-order valence-electron chi connectivity index (χ3n) is 2.44. The molecule has 6 heteroatoms. The van der Waals surface area contributed by atoms with Crippen LogP contribution in [0.4, 0.5) is 5.82 Å². The van der Waals surface area contributed by atoms with Crippen LogP contribution in [-0.2, 0) is 0 Å². The highest BCUT2D eigenvalue weighted by atomic mass is 15.2. The Balaban J connectivity index is 2.15. The molecule has 0 radical (unpaired) electrons. The van der Waals surface area contributed by atoms with Gasteiger partial charge in [0.05, 0.1) is 6.33 Å².